The van der Waals surface area contributed by atoms with Gasteiger partial charge in [0.2, 0.25) is 0 Å². The number of piperidine rings is 1. The van der Waals surface area contributed by atoms with Crippen LogP contribution in [-0.2, 0) is 6.54 Å². The third-order valence-corrected chi connectivity index (χ3v) is 5.36. The first-order chi connectivity index (χ1) is 11.3. The summed E-state index contributed by atoms with van der Waals surface area (Å²) in [6.07, 6.45) is 8.03. The maximum absolute atomic E-state index is 4.48. The minimum Gasteiger partial charge on any atom is -0.354 e. The van der Waals surface area contributed by atoms with Crippen molar-refractivity contribution in [2.75, 3.05) is 24.5 Å². The van der Waals surface area contributed by atoms with Crippen molar-refractivity contribution in [3.05, 3.63) is 54.0 Å². The maximum Gasteiger partial charge on any atom is 0.147 e. The lowest BCUT2D eigenvalue weighted by Crippen LogP contribution is -2.48. The minimum absolute atomic E-state index is 0.645. The van der Waals surface area contributed by atoms with Gasteiger partial charge in [-0.3, -0.25) is 9.88 Å². The van der Waals surface area contributed by atoms with Crippen molar-refractivity contribution in [3.8, 4) is 0 Å². The number of hydrogen-bond donors (Lipinski definition) is 0. The van der Waals surface area contributed by atoms with Crippen LogP contribution in [0.15, 0.2) is 42.9 Å². The predicted octanol–water partition coefficient (Wildman–Crippen LogP) is 2.89. The molecule has 23 heavy (non-hydrogen) atoms. The van der Waals surface area contributed by atoms with Gasteiger partial charge in [-0.1, -0.05) is 29.8 Å². The average molecular weight is 308 g/mol. The number of likely N-dealkylation sites (tertiary alicyclic amines) is 1. The first-order valence-corrected chi connectivity index (χ1v) is 8.60. The molecule has 2 unspecified atom stereocenters. The van der Waals surface area contributed by atoms with Crippen LogP contribution < -0.4 is 4.90 Å². The molecule has 0 bridgehead atoms. The van der Waals surface area contributed by atoms with Gasteiger partial charge in [-0.25, -0.2) is 4.98 Å². The molecule has 0 amide bonds. The van der Waals surface area contributed by atoms with Gasteiger partial charge in [0.15, 0.2) is 0 Å². The summed E-state index contributed by atoms with van der Waals surface area (Å²) in [7, 11) is 0. The highest BCUT2D eigenvalue weighted by Crippen LogP contribution is 2.33. The topological polar surface area (TPSA) is 32.3 Å². The highest BCUT2D eigenvalue weighted by atomic mass is 15.3. The van der Waals surface area contributed by atoms with E-state index in [1.54, 1.807) is 12.4 Å². The van der Waals surface area contributed by atoms with Crippen LogP contribution in [0.4, 0.5) is 5.82 Å². The number of aromatic nitrogens is 2. The molecule has 120 valence electrons. The first kappa shape index (κ1) is 14.6. The Labute approximate surface area is 138 Å². The maximum atomic E-state index is 4.48. The lowest BCUT2D eigenvalue weighted by atomic mass is 9.92. The van der Waals surface area contributed by atoms with Crippen molar-refractivity contribution in [3.63, 3.8) is 0 Å². The Morgan fingerprint density at radius 1 is 1.09 bits per heavy atom. The molecule has 2 aromatic rings. The normalized spacial score (nSPS) is 24.7. The molecule has 0 aliphatic carbocycles. The fourth-order valence-electron chi connectivity index (χ4n) is 4.01. The van der Waals surface area contributed by atoms with Crippen LogP contribution in [0, 0.1) is 12.8 Å². The Hall–Kier alpha value is -1.94. The SMILES string of the molecule is Cc1ccc(CN2CCC3CCN(c4cnccn4)CC32)cc1. The fraction of sp³-hybridized carbons (Fsp3) is 0.474. The molecule has 2 saturated heterocycles. The summed E-state index contributed by atoms with van der Waals surface area (Å²) < 4.78 is 0. The standard InChI is InChI=1S/C19H24N4/c1-15-2-4-16(5-3-15)13-22-10-6-17-7-11-23(14-18(17)22)19-12-20-8-9-21-19/h2-5,8-9,12,17-18H,6-7,10-11,13-14H2,1H3. The second kappa shape index (κ2) is 6.28. The van der Waals surface area contributed by atoms with Crippen LogP contribution in [0.2, 0.25) is 0 Å². The Bertz CT molecular complexity index is 640. The molecule has 2 aliphatic rings. The van der Waals surface area contributed by atoms with Gasteiger partial charge in [0, 0.05) is 38.1 Å². The van der Waals surface area contributed by atoms with E-state index in [1.807, 2.05) is 6.20 Å². The average Bonchev–Trinajstić information content (AvgIpc) is 3.00. The summed E-state index contributed by atoms with van der Waals surface area (Å²) in [5, 5.41) is 0. The Kier molecular flexibility index (Phi) is 4.00. The molecule has 1 aromatic carbocycles. The van der Waals surface area contributed by atoms with Crippen molar-refractivity contribution >= 4 is 5.82 Å². The van der Waals surface area contributed by atoms with Crippen LogP contribution >= 0.6 is 0 Å². The minimum atomic E-state index is 0.645. The third-order valence-electron chi connectivity index (χ3n) is 5.36. The molecule has 2 aliphatic heterocycles. The monoisotopic (exact) mass is 308 g/mol. The molecule has 4 rings (SSSR count). The van der Waals surface area contributed by atoms with E-state index in [4.69, 9.17) is 0 Å². The van der Waals surface area contributed by atoms with E-state index in [2.05, 4.69) is 51.0 Å². The van der Waals surface area contributed by atoms with Crippen molar-refractivity contribution in [2.45, 2.75) is 32.4 Å². The van der Waals surface area contributed by atoms with E-state index in [-0.39, 0.29) is 0 Å². The molecular formula is C19H24N4. The highest BCUT2D eigenvalue weighted by Gasteiger charge is 2.38. The van der Waals surface area contributed by atoms with Crippen molar-refractivity contribution in [1.82, 2.24) is 14.9 Å². The molecule has 0 radical (unpaired) electrons. The molecule has 1 aromatic heterocycles. The third kappa shape index (κ3) is 3.08. The number of benzene rings is 1. The van der Waals surface area contributed by atoms with Crippen LogP contribution in [-0.4, -0.2) is 40.5 Å². The van der Waals surface area contributed by atoms with E-state index in [9.17, 15) is 0 Å². The predicted molar refractivity (Wildman–Crippen MR) is 92.3 cm³/mol. The van der Waals surface area contributed by atoms with Gasteiger partial charge in [-0.05, 0) is 37.8 Å². The zero-order valence-electron chi connectivity index (χ0n) is 13.7. The number of nitrogens with zero attached hydrogens (tertiary/aromatic N) is 4. The fourth-order valence-corrected chi connectivity index (χ4v) is 4.01. The lowest BCUT2D eigenvalue weighted by Gasteiger charge is -2.39. The van der Waals surface area contributed by atoms with Crippen molar-refractivity contribution in [1.29, 1.82) is 0 Å². The largest absolute Gasteiger partial charge is 0.354 e. The summed E-state index contributed by atoms with van der Waals surface area (Å²) in [5.74, 6) is 1.86. The van der Waals surface area contributed by atoms with Gasteiger partial charge < -0.3 is 4.90 Å². The second-order valence-electron chi connectivity index (χ2n) is 6.87. The molecule has 3 heterocycles. The van der Waals surface area contributed by atoms with Crippen LogP contribution in [0.1, 0.15) is 24.0 Å². The molecular weight excluding hydrogens is 284 g/mol. The Morgan fingerprint density at radius 3 is 2.70 bits per heavy atom. The summed E-state index contributed by atoms with van der Waals surface area (Å²) >= 11 is 0. The van der Waals surface area contributed by atoms with E-state index < -0.39 is 0 Å². The van der Waals surface area contributed by atoms with Crippen LogP contribution in [0.3, 0.4) is 0 Å². The number of fused-ring (bicyclic) bond motifs is 1. The molecule has 0 spiro atoms. The zero-order valence-corrected chi connectivity index (χ0v) is 13.7. The molecule has 0 saturated carbocycles. The number of anilines is 1. The number of hydrogen-bond acceptors (Lipinski definition) is 4. The van der Waals surface area contributed by atoms with E-state index in [1.165, 1.54) is 30.5 Å². The summed E-state index contributed by atoms with van der Waals surface area (Å²) in [4.78, 5) is 13.8. The highest BCUT2D eigenvalue weighted by molar-refractivity contribution is 5.36. The summed E-state index contributed by atoms with van der Waals surface area (Å²) in [6, 6.07) is 9.62. The van der Waals surface area contributed by atoms with Gasteiger partial charge in [-0.15, -0.1) is 0 Å². The van der Waals surface area contributed by atoms with Crippen molar-refractivity contribution in [2.24, 2.45) is 5.92 Å². The van der Waals surface area contributed by atoms with Gasteiger partial charge >= 0.3 is 0 Å². The van der Waals surface area contributed by atoms with Gasteiger partial charge in [0.05, 0.1) is 6.20 Å². The lowest BCUT2D eigenvalue weighted by molar-refractivity contribution is 0.200. The van der Waals surface area contributed by atoms with Crippen molar-refractivity contribution < 1.29 is 0 Å². The quantitative estimate of drug-likeness (QED) is 0.873. The molecule has 2 atom stereocenters. The van der Waals surface area contributed by atoms with E-state index in [0.29, 0.717) is 6.04 Å². The van der Waals surface area contributed by atoms with Crippen LogP contribution in [0.25, 0.3) is 0 Å². The summed E-state index contributed by atoms with van der Waals surface area (Å²) in [6.45, 7) is 6.62. The smallest absolute Gasteiger partial charge is 0.147 e. The van der Waals surface area contributed by atoms with Gasteiger partial charge in [-0.2, -0.15) is 0 Å². The molecule has 4 heteroatoms. The summed E-state index contributed by atoms with van der Waals surface area (Å²) in [5.41, 5.74) is 2.76. The Balaban J connectivity index is 1.47. The number of rotatable bonds is 3. The Morgan fingerprint density at radius 2 is 1.91 bits per heavy atom. The number of aryl methyl sites for hydroxylation is 1. The van der Waals surface area contributed by atoms with E-state index >= 15 is 0 Å². The van der Waals surface area contributed by atoms with E-state index in [0.717, 1.165) is 31.4 Å². The first-order valence-electron chi connectivity index (χ1n) is 8.60. The molecule has 4 nitrogen and oxygen atoms in total. The van der Waals surface area contributed by atoms with Crippen LogP contribution in [0.5, 0.6) is 0 Å². The molecule has 2 fully saturated rings. The van der Waals surface area contributed by atoms with Gasteiger partial charge in [0.25, 0.3) is 0 Å². The second-order valence-corrected chi connectivity index (χ2v) is 6.87. The zero-order chi connectivity index (χ0) is 15.6. The molecule has 0 N–H and O–H groups in total. The van der Waals surface area contributed by atoms with Gasteiger partial charge in [0.1, 0.15) is 5.82 Å².